The molecule has 5 saturated carbocycles. The van der Waals surface area contributed by atoms with E-state index in [2.05, 4.69) is 16.0 Å². The molecule has 0 radical (unpaired) electrons. The Hall–Kier alpha value is -6.29. The minimum Gasteiger partial charge on any atom is -0.377 e. The molecule has 596 valence electrons. The SMILES string of the molecule is CCO[C@@H]1C[C@H]2C(=O)NC3(CCC3)C(=O)N(C)[C@@H](C3CCCC3)C(=O)N(C)[C@H](C(=O)N(C)CC)CC(=O)N(C)[C@@H](CC3CCC3)C(=O)N[C@@H]([C@@H](C)CC)C(=O)N(C)CC(=O)N(C)[C@H]3C/C=C\CCN(C3=O)[C@@H](CC3CCC(C(F)(F)F)CC3)C(=O)N(C)CC(=O)N[C@@H](CCC3CCC(Cl)C(Cl)C3)C(=O)N2C1. The summed E-state index contributed by atoms with van der Waals surface area (Å²) in [5.41, 5.74) is -1.55. The third kappa shape index (κ3) is 20.6. The van der Waals surface area contributed by atoms with Gasteiger partial charge in [-0.05, 0) is 159 Å². The number of ether oxygens (including phenoxy) is 1. The van der Waals surface area contributed by atoms with Crippen LogP contribution in [0, 0.1) is 35.5 Å². The van der Waals surface area contributed by atoms with E-state index < -0.39 is 180 Å². The van der Waals surface area contributed by atoms with Crippen LogP contribution in [0.5, 0.6) is 0 Å². The number of carbonyl (C=O) groups is 12. The molecule has 3 aliphatic heterocycles. The summed E-state index contributed by atoms with van der Waals surface area (Å²) >= 11 is 13.3. The number of rotatable bonds is 14. The molecule has 1 spiro atoms. The fraction of sp³-hybridized carbons (Fsp3) is 0.816. The molecule has 12 amide bonds. The van der Waals surface area contributed by atoms with Gasteiger partial charge in [-0.3, -0.25) is 57.5 Å². The molecule has 7 fully saturated rings. The van der Waals surface area contributed by atoms with Gasteiger partial charge in [-0.15, -0.1) is 23.2 Å². The lowest BCUT2D eigenvalue weighted by Gasteiger charge is -2.46. The molecule has 106 heavy (non-hydrogen) atoms. The van der Waals surface area contributed by atoms with Gasteiger partial charge in [0.2, 0.25) is 70.9 Å². The van der Waals surface area contributed by atoms with Crippen molar-refractivity contribution >= 4 is 94.1 Å². The number of amides is 12. The van der Waals surface area contributed by atoms with Gasteiger partial charge in [-0.1, -0.05) is 64.5 Å². The minimum atomic E-state index is -4.44. The normalized spacial score (nSPS) is 32.2. The highest BCUT2D eigenvalue weighted by Gasteiger charge is 2.54. The molecule has 2 saturated heterocycles. The average molecular weight is 1540 g/mol. The Morgan fingerprint density at radius 2 is 1.28 bits per heavy atom. The fourth-order valence-corrected chi connectivity index (χ4v) is 17.8. The van der Waals surface area contributed by atoms with Crippen LogP contribution in [0.3, 0.4) is 0 Å². The van der Waals surface area contributed by atoms with Crippen LogP contribution in [-0.4, -0.2) is 281 Å². The molecule has 2 bridgehead atoms. The number of hydrogen-bond donors (Lipinski definition) is 3. The highest BCUT2D eigenvalue weighted by molar-refractivity contribution is 6.30. The zero-order valence-electron chi connectivity index (χ0n) is 64.3. The maximum atomic E-state index is 15.7. The number of nitrogens with one attached hydrogen (secondary N) is 3. The fourth-order valence-electron chi connectivity index (χ4n) is 17.2. The van der Waals surface area contributed by atoms with E-state index in [1.165, 1.54) is 76.6 Å². The van der Waals surface area contributed by atoms with Crippen molar-refractivity contribution < 1.29 is 75.4 Å². The lowest BCUT2D eigenvalue weighted by Crippen LogP contribution is -2.68. The molecule has 8 aliphatic rings. The lowest BCUT2D eigenvalue weighted by molar-refractivity contribution is -0.184. The molecule has 25 nitrogen and oxygen atoms in total. The summed E-state index contributed by atoms with van der Waals surface area (Å²) in [7, 11) is 10.1. The zero-order valence-corrected chi connectivity index (χ0v) is 65.8. The highest BCUT2D eigenvalue weighted by atomic mass is 35.5. The number of nitrogens with zero attached hydrogens (tertiary/aromatic N) is 9. The van der Waals surface area contributed by atoms with Gasteiger partial charge in [0.15, 0.2) is 0 Å². The summed E-state index contributed by atoms with van der Waals surface area (Å²) < 4.78 is 48.6. The molecule has 8 rings (SSSR count). The third-order valence-corrected chi connectivity index (χ3v) is 26.1. The largest absolute Gasteiger partial charge is 0.391 e. The van der Waals surface area contributed by atoms with Crippen LogP contribution in [0.4, 0.5) is 13.2 Å². The quantitative estimate of drug-likeness (QED) is 0.122. The molecule has 3 heterocycles. The van der Waals surface area contributed by atoms with Gasteiger partial charge in [0.25, 0.3) is 0 Å². The van der Waals surface area contributed by atoms with Gasteiger partial charge in [-0.25, -0.2) is 0 Å². The van der Waals surface area contributed by atoms with E-state index in [1.807, 2.05) is 6.92 Å². The number of fused-ring (bicyclic) bond motifs is 3. The summed E-state index contributed by atoms with van der Waals surface area (Å²) in [6.07, 6.45) is 6.55. The lowest BCUT2D eigenvalue weighted by atomic mass is 9.74. The standard InChI is InChI=1S/C76H119Cl2F3N12O13/c1-12-46(4)64-72(103)87(7)45-63(96)88(8)56-26-16-15-19-37-92(71(56)102)60(40-49-27-31-51(32-28-49)76(79,80)81)70(101)86(6)44-61(94)82-55(34-30-48-29-33-53(77)54(78)38-48)68(99)93-43-52(106-14-3)41-58(93)67(98)84-75(35-21-36-75)74(105)91(11)65(50-24-17-18-25-50)73(104)90(10)59(69(100)85(5)13-2)42-62(95)89(9)57(66(97)83-64)39-47-22-20-23-47/h15-16,46-60,64-65H,12-14,17-45H2,1-11H3,(H,82,94)(H,83,97)(H,84,98)/b16-15-/t46-,48?,49?,51?,52+,53?,54?,55-,56-,57-,58-,59-,60-,64-,65-/m0/s1. The van der Waals surface area contributed by atoms with Crippen molar-refractivity contribution in [2.24, 2.45) is 35.5 Å². The topological polar surface area (TPSA) is 279 Å². The van der Waals surface area contributed by atoms with Crippen LogP contribution in [0.2, 0.25) is 0 Å². The van der Waals surface area contributed by atoms with Crippen LogP contribution in [0.1, 0.15) is 195 Å². The van der Waals surface area contributed by atoms with Crippen molar-refractivity contribution in [3.63, 3.8) is 0 Å². The summed E-state index contributed by atoms with van der Waals surface area (Å²) in [4.78, 5) is 194. The van der Waals surface area contributed by atoms with E-state index in [0.29, 0.717) is 51.4 Å². The predicted octanol–water partition coefficient (Wildman–Crippen LogP) is 6.64. The van der Waals surface area contributed by atoms with E-state index in [0.717, 1.165) is 41.9 Å². The first-order valence-corrected chi connectivity index (χ1v) is 40.0. The molecular formula is C76H119Cl2F3N12O13. The van der Waals surface area contributed by atoms with Crippen molar-refractivity contribution in [2.45, 2.75) is 272 Å². The summed E-state index contributed by atoms with van der Waals surface area (Å²) in [6.45, 7) is 6.16. The van der Waals surface area contributed by atoms with Gasteiger partial charge >= 0.3 is 6.18 Å². The number of hydrogen-bond acceptors (Lipinski definition) is 13. The maximum absolute atomic E-state index is 15.7. The first-order valence-electron chi connectivity index (χ1n) is 39.1. The minimum absolute atomic E-state index is 0.0109. The summed E-state index contributed by atoms with van der Waals surface area (Å²) in [5.74, 6) is -10.8. The Balaban J connectivity index is 1.20. The molecule has 0 aromatic carbocycles. The second kappa shape index (κ2) is 37.9. The number of alkyl halides is 5. The molecule has 0 aromatic rings. The average Bonchev–Trinajstić information content (AvgIpc) is 1.25. The molecule has 5 aliphatic carbocycles. The van der Waals surface area contributed by atoms with Crippen LogP contribution in [0.25, 0.3) is 0 Å². The Morgan fingerprint density at radius 1 is 0.642 bits per heavy atom. The monoisotopic (exact) mass is 1530 g/mol. The van der Waals surface area contributed by atoms with Crippen molar-refractivity contribution in [1.29, 1.82) is 0 Å². The zero-order chi connectivity index (χ0) is 77.8. The number of likely N-dealkylation sites (N-methyl/N-ethyl adjacent to an activating group) is 7. The Kier molecular flexibility index (Phi) is 30.5. The highest BCUT2D eigenvalue weighted by Crippen LogP contribution is 2.43. The Morgan fingerprint density at radius 3 is 1.88 bits per heavy atom. The van der Waals surface area contributed by atoms with Gasteiger partial charge in [-0.2, -0.15) is 13.2 Å². The molecule has 0 aromatic heterocycles. The van der Waals surface area contributed by atoms with Gasteiger partial charge in [0.1, 0.15) is 53.9 Å². The van der Waals surface area contributed by atoms with Crippen molar-refractivity contribution in [3.8, 4) is 0 Å². The second-order valence-corrected chi connectivity index (χ2v) is 33.1. The predicted molar refractivity (Wildman–Crippen MR) is 393 cm³/mol. The van der Waals surface area contributed by atoms with E-state index in [9.17, 15) is 32.3 Å². The molecule has 13 atom stereocenters. The number of halogens is 5. The molecular weight excluding hydrogens is 1420 g/mol. The molecule has 3 N–H and O–H groups in total. The van der Waals surface area contributed by atoms with Crippen LogP contribution in [0.15, 0.2) is 12.2 Å². The number of carbonyl (C=O) groups excluding carboxylic acids is 12. The first kappa shape index (κ1) is 85.3. The Bertz CT molecular complexity index is 3170. The van der Waals surface area contributed by atoms with Gasteiger partial charge in [0, 0.05) is 87.4 Å². The van der Waals surface area contributed by atoms with Crippen molar-refractivity contribution in [2.75, 3.05) is 88.7 Å². The van der Waals surface area contributed by atoms with Crippen molar-refractivity contribution in [3.05, 3.63) is 12.2 Å². The van der Waals surface area contributed by atoms with Crippen LogP contribution < -0.4 is 16.0 Å². The van der Waals surface area contributed by atoms with Crippen LogP contribution in [-0.2, 0) is 62.3 Å². The molecule has 30 heteroatoms. The molecule has 3 unspecified atom stereocenters. The second-order valence-electron chi connectivity index (χ2n) is 32.0. The first-order chi connectivity index (χ1) is 50.1. The van der Waals surface area contributed by atoms with E-state index in [1.54, 1.807) is 40.0 Å². The van der Waals surface area contributed by atoms with Gasteiger partial charge < -0.3 is 64.8 Å². The van der Waals surface area contributed by atoms with Crippen LogP contribution >= 0.6 is 23.2 Å². The summed E-state index contributed by atoms with van der Waals surface area (Å²) in [5, 5.41) is 8.29. The van der Waals surface area contributed by atoms with Gasteiger partial charge in [0.05, 0.1) is 36.9 Å². The van der Waals surface area contributed by atoms with E-state index in [-0.39, 0.29) is 126 Å². The Labute approximate surface area is 634 Å². The van der Waals surface area contributed by atoms with Crippen molar-refractivity contribution in [1.82, 2.24) is 60.0 Å². The third-order valence-electron chi connectivity index (χ3n) is 24.9. The summed E-state index contributed by atoms with van der Waals surface area (Å²) in [6, 6.07) is -10.2. The maximum Gasteiger partial charge on any atom is 0.391 e. The van der Waals surface area contributed by atoms with E-state index in [4.69, 9.17) is 27.9 Å². The smallest absolute Gasteiger partial charge is 0.377 e. The van der Waals surface area contributed by atoms with E-state index >= 15 is 38.4 Å².